The van der Waals surface area contributed by atoms with Gasteiger partial charge >= 0.3 is 0 Å². The fourth-order valence-corrected chi connectivity index (χ4v) is 8.93. The summed E-state index contributed by atoms with van der Waals surface area (Å²) in [6.07, 6.45) is 0. The summed E-state index contributed by atoms with van der Waals surface area (Å²) in [5.41, 5.74) is 4.29. The quantitative estimate of drug-likeness (QED) is 0.178. The summed E-state index contributed by atoms with van der Waals surface area (Å²) >= 11 is 18.7. The highest BCUT2D eigenvalue weighted by atomic mass is 35.5. The Hall–Kier alpha value is -4.26. The van der Waals surface area contributed by atoms with Crippen LogP contribution in [0.5, 0.6) is 0 Å². The Labute approximate surface area is 314 Å². The van der Waals surface area contributed by atoms with Crippen molar-refractivity contribution in [2.45, 2.75) is 0 Å². The summed E-state index contributed by atoms with van der Waals surface area (Å²) in [6.45, 7) is 0. The molecule has 10 rings (SSSR count). The van der Waals surface area contributed by atoms with Gasteiger partial charge in [0.1, 0.15) is 11.2 Å². The predicted molar refractivity (Wildman–Crippen MR) is 224 cm³/mol. The van der Waals surface area contributed by atoms with Crippen LogP contribution in [0, 0.1) is 0 Å². The summed E-state index contributed by atoms with van der Waals surface area (Å²) < 4.78 is 11.2. The van der Waals surface area contributed by atoms with Gasteiger partial charge in [0.15, 0.2) is 17.5 Å². The first kappa shape index (κ1) is 31.7. The standard InChI is InChI=1S/C39H20ClN3OS2.S4/c40-23-14-17-30-29(20-23)36-28(8-5-9-31(36)44-30)39-42-37(21-12-15-26-24-6-1-3-10-32(24)45-34(26)18-21)41-38(43-39)22-13-16-27-25-7-2-4-11-33(25)46-35(27)19-22;1-3-4-2/h1-20H;. The van der Waals surface area contributed by atoms with Crippen molar-refractivity contribution in [2.24, 2.45) is 0 Å². The lowest BCUT2D eigenvalue weighted by Crippen LogP contribution is -2.00. The molecular formula is C39H20ClN3OS6. The summed E-state index contributed by atoms with van der Waals surface area (Å²) in [7, 11) is 2.34. The van der Waals surface area contributed by atoms with E-state index >= 15 is 0 Å². The van der Waals surface area contributed by atoms with Gasteiger partial charge in [0.2, 0.25) is 0 Å². The average Bonchev–Trinajstić information content (AvgIpc) is 3.85. The second kappa shape index (κ2) is 13.1. The van der Waals surface area contributed by atoms with Crippen molar-refractivity contribution in [1.82, 2.24) is 15.0 Å². The Bertz CT molecular complexity index is 2900. The lowest BCUT2D eigenvalue weighted by Gasteiger charge is -2.10. The minimum atomic E-state index is 0.584. The first-order valence-electron chi connectivity index (χ1n) is 15.4. The molecule has 0 atom stereocenters. The van der Waals surface area contributed by atoms with E-state index in [2.05, 4.69) is 107 Å². The molecule has 10 aromatic rings. The molecule has 4 nitrogen and oxygen atoms in total. The van der Waals surface area contributed by atoms with E-state index < -0.39 is 0 Å². The Morgan fingerprint density at radius 2 is 1.06 bits per heavy atom. The van der Waals surface area contributed by atoms with Crippen LogP contribution in [-0.4, -0.2) is 15.0 Å². The highest BCUT2D eigenvalue weighted by Gasteiger charge is 2.19. The van der Waals surface area contributed by atoms with Crippen molar-refractivity contribution in [3.8, 4) is 34.2 Å². The molecule has 50 heavy (non-hydrogen) atoms. The number of fused-ring (bicyclic) bond motifs is 9. The van der Waals surface area contributed by atoms with Crippen molar-refractivity contribution in [2.75, 3.05) is 0 Å². The number of hydrogen-bond donors (Lipinski definition) is 0. The zero-order valence-electron chi connectivity index (χ0n) is 25.6. The molecule has 0 spiro atoms. The van der Waals surface area contributed by atoms with Crippen molar-refractivity contribution < 1.29 is 4.42 Å². The topological polar surface area (TPSA) is 51.8 Å². The van der Waals surface area contributed by atoms with Crippen molar-refractivity contribution in [3.63, 3.8) is 0 Å². The molecule has 0 aliphatic carbocycles. The van der Waals surface area contributed by atoms with E-state index in [0.717, 1.165) is 38.6 Å². The van der Waals surface area contributed by atoms with E-state index in [1.807, 2.05) is 36.4 Å². The Morgan fingerprint density at radius 3 is 1.66 bits per heavy atom. The van der Waals surface area contributed by atoms with Crippen molar-refractivity contribution in [3.05, 3.63) is 126 Å². The SMILES string of the molecule is Clc1ccc2oc3cccc(-c4nc(-c5ccc6c(c5)sc5ccccc56)nc(-c5ccc6c(c5)sc5ccccc56)n4)c3c2c1.S=S=S=S. The van der Waals surface area contributed by atoms with Gasteiger partial charge in [-0.15, -0.1) is 22.7 Å². The number of rotatable bonds is 3. The van der Waals surface area contributed by atoms with E-state index in [-0.39, 0.29) is 0 Å². The first-order chi connectivity index (χ1) is 24.6. The minimum Gasteiger partial charge on any atom is -0.456 e. The van der Waals surface area contributed by atoms with Gasteiger partial charge in [-0.05, 0) is 48.5 Å². The fourth-order valence-electron chi connectivity index (χ4n) is 6.47. The Kier molecular flexibility index (Phi) is 8.33. The summed E-state index contributed by atoms with van der Waals surface area (Å²) in [5, 5.41) is 7.51. The largest absolute Gasteiger partial charge is 0.456 e. The molecular weight excluding hydrogens is 754 g/mol. The van der Waals surface area contributed by atoms with E-state index in [0.29, 0.717) is 22.5 Å². The van der Waals surface area contributed by atoms with Crippen LogP contribution in [0.4, 0.5) is 0 Å². The molecule has 240 valence electrons. The molecule has 0 radical (unpaired) electrons. The van der Waals surface area contributed by atoms with Crippen LogP contribution in [0.2, 0.25) is 5.02 Å². The summed E-state index contributed by atoms with van der Waals surface area (Å²) in [4.78, 5) is 15.4. The Morgan fingerprint density at radius 1 is 0.500 bits per heavy atom. The number of halogens is 1. The lowest BCUT2D eigenvalue weighted by atomic mass is 10.0. The molecule has 0 unspecified atom stereocenters. The average molecular weight is 774 g/mol. The van der Waals surface area contributed by atoms with E-state index in [9.17, 15) is 0 Å². The highest BCUT2D eigenvalue weighted by Crippen LogP contribution is 2.40. The normalized spacial score (nSPS) is 11.5. The third kappa shape index (κ3) is 5.57. The Balaban J connectivity index is 0.000000801. The molecule has 0 aliphatic rings. The predicted octanol–water partition coefficient (Wildman–Crippen LogP) is 12.2. The van der Waals surface area contributed by atoms with Crippen LogP contribution in [0.3, 0.4) is 0 Å². The van der Waals surface area contributed by atoms with Gasteiger partial charge < -0.3 is 4.42 Å². The van der Waals surface area contributed by atoms with Gasteiger partial charge in [0.25, 0.3) is 0 Å². The maximum atomic E-state index is 6.46. The molecule has 0 N–H and O–H groups in total. The fraction of sp³-hybridized carbons (Fsp3) is 0. The number of thiophene rings is 2. The van der Waals surface area contributed by atoms with Gasteiger partial charge in [0, 0.05) is 113 Å². The molecule has 0 amide bonds. The van der Waals surface area contributed by atoms with E-state index in [4.69, 9.17) is 31.0 Å². The van der Waals surface area contributed by atoms with Crippen molar-refractivity contribution >= 4 is 137 Å². The molecule has 4 heterocycles. The number of benzene rings is 6. The number of furan rings is 1. The zero-order chi connectivity index (χ0) is 33.8. The van der Waals surface area contributed by atoms with Crippen LogP contribution in [0.25, 0.3) is 96.4 Å². The van der Waals surface area contributed by atoms with Crippen LogP contribution >= 0.6 is 34.3 Å². The second-order valence-electron chi connectivity index (χ2n) is 11.5. The molecule has 0 bridgehead atoms. The third-order valence-electron chi connectivity index (χ3n) is 8.64. The van der Waals surface area contributed by atoms with Gasteiger partial charge in [0.05, 0.1) is 0 Å². The van der Waals surface area contributed by atoms with Gasteiger partial charge in [-0.1, -0.05) is 84.4 Å². The van der Waals surface area contributed by atoms with Crippen LogP contribution < -0.4 is 0 Å². The number of aromatic nitrogens is 3. The smallest absolute Gasteiger partial charge is 0.164 e. The van der Waals surface area contributed by atoms with Crippen LogP contribution in [0.1, 0.15) is 0 Å². The van der Waals surface area contributed by atoms with E-state index in [1.165, 1.54) is 58.1 Å². The van der Waals surface area contributed by atoms with Crippen molar-refractivity contribution in [1.29, 1.82) is 0 Å². The molecule has 0 fully saturated rings. The van der Waals surface area contributed by atoms with E-state index in [1.54, 1.807) is 22.7 Å². The monoisotopic (exact) mass is 773 g/mol. The molecule has 4 aromatic heterocycles. The summed E-state index contributed by atoms with van der Waals surface area (Å²) in [5.74, 6) is 1.83. The lowest BCUT2D eigenvalue weighted by molar-refractivity contribution is 0.669. The number of nitrogens with zero attached hydrogens (tertiary/aromatic N) is 3. The highest BCUT2D eigenvalue weighted by molar-refractivity contribution is 8.51. The maximum Gasteiger partial charge on any atom is 0.164 e. The zero-order valence-corrected chi connectivity index (χ0v) is 31.3. The first-order valence-corrected chi connectivity index (χ1v) is 21.4. The maximum absolute atomic E-state index is 6.46. The van der Waals surface area contributed by atoms with Crippen LogP contribution in [0.15, 0.2) is 126 Å². The minimum absolute atomic E-state index is 0.584. The van der Waals surface area contributed by atoms with Gasteiger partial charge in [-0.25, -0.2) is 15.0 Å². The molecule has 0 aliphatic heterocycles. The van der Waals surface area contributed by atoms with Crippen LogP contribution in [-0.2, 0) is 40.1 Å². The number of hydrogen-bond acceptors (Lipinski definition) is 8. The molecule has 0 saturated carbocycles. The second-order valence-corrected chi connectivity index (χ2v) is 17.6. The third-order valence-corrected chi connectivity index (χ3v) is 13.4. The van der Waals surface area contributed by atoms with Gasteiger partial charge in [-0.2, -0.15) is 0 Å². The molecule has 11 heteroatoms. The van der Waals surface area contributed by atoms with Gasteiger partial charge in [-0.3, -0.25) is 0 Å². The molecule has 6 aromatic carbocycles. The molecule has 0 saturated heterocycles. The summed E-state index contributed by atoms with van der Waals surface area (Å²) in [6, 6.07) is 41.8.